The third-order valence-corrected chi connectivity index (χ3v) is 2.11. The van der Waals surface area contributed by atoms with Gasteiger partial charge in [-0.1, -0.05) is 12.1 Å². The molecule has 0 radical (unpaired) electrons. The highest BCUT2D eigenvalue weighted by atomic mass is 32.1. The van der Waals surface area contributed by atoms with Crippen LogP contribution >= 0.6 is 12.6 Å². The molecule has 0 unspecified atom stereocenters. The predicted molar refractivity (Wildman–Crippen MR) is 57.0 cm³/mol. The van der Waals surface area contributed by atoms with E-state index in [1.807, 2.05) is 26.0 Å². The van der Waals surface area contributed by atoms with Gasteiger partial charge in [0.1, 0.15) is 0 Å². The van der Waals surface area contributed by atoms with Crippen LogP contribution < -0.4 is 5.73 Å². The van der Waals surface area contributed by atoms with Crippen LogP contribution in [0.5, 0.6) is 0 Å². The summed E-state index contributed by atoms with van der Waals surface area (Å²) in [5.41, 5.74) is 6.68. The minimum atomic E-state index is -0.403. The average molecular weight is 195 g/mol. The molecule has 0 saturated carbocycles. The van der Waals surface area contributed by atoms with Crippen molar-refractivity contribution in [2.75, 3.05) is 0 Å². The molecule has 1 rings (SSSR count). The van der Waals surface area contributed by atoms with E-state index in [9.17, 15) is 4.79 Å². The normalized spacial score (nSPS) is 11.3. The summed E-state index contributed by atoms with van der Waals surface area (Å²) in [5.74, 6) is -0.403. The topological polar surface area (TPSA) is 43.1 Å². The van der Waals surface area contributed by atoms with Gasteiger partial charge in [-0.15, -0.1) is 0 Å². The summed E-state index contributed by atoms with van der Waals surface area (Å²) in [6, 6.07) is 7.22. The van der Waals surface area contributed by atoms with Crippen molar-refractivity contribution in [2.24, 2.45) is 5.73 Å². The fraction of sp³-hybridized carbons (Fsp3) is 0.300. The Morgan fingerprint density at radius 2 is 2.08 bits per heavy atom. The van der Waals surface area contributed by atoms with E-state index >= 15 is 0 Å². The molecule has 2 nitrogen and oxygen atoms in total. The van der Waals surface area contributed by atoms with Gasteiger partial charge in [0.2, 0.25) is 5.91 Å². The zero-order chi connectivity index (χ0) is 10.1. The molecule has 0 atom stereocenters. The first kappa shape index (κ1) is 10.1. The Morgan fingerprint density at radius 1 is 1.46 bits per heavy atom. The number of nitrogens with two attached hydrogens (primary N) is 1. The van der Waals surface area contributed by atoms with Gasteiger partial charge in [0.25, 0.3) is 0 Å². The van der Waals surface area contributed by atoms with Crippen LogP contribution in [0.1, 0.15) is 29.8 Å². The van der Waals surface area contributed by atoms with Gasteiger partial charge in [0, 0.05) is 10.3 Å². The molecule has 1 aromatic carbocycles. The molecule has 0 bridgehead atoms. The average Bonchev–Trinajstić information content (AvgIpc) is 2.03. The largest absolute Gasteiger partial charge is 0.366 e. The predicted octanol–water partition coefficient (Wildman–Crippen LogP) is 1.95. The molecule has 0 saturated heterocycles. The minimum absolute atomic E-state index is 0.245. The lowest BCUT2D eigenvalue weighted by molar-refractivity contribution is 0.1000. The van der Waals surface area contributed by atoms with Crippen LogP contribution in [0.3, 0.4) is 0 Å². The van der Waals surface area contributed by atoms with Crippen molar-refractivity contribution in [3.05, 3.63) is 35.4 Å². The first-order valence-electron chi connectivity index (χ1n) is 4.04. The zero-order valence-corrected chi connectivity index (χ0v) is 8.64. The summed E-state index contributed by atoms with van der Waals surface area (Å²) in [6.07, 6.45) is 0. The number of benzene rings is 1. The first-order valence-corrected chi connectivity index (χ1v) is 4.48. The highest BCUT2D eigenvalue weighted by Crippen LogP contribution is 2.27. The summed E-state index contributed by atoms with van der Waals surface area (Å²) in [7, 11) is 0. The van der Waals surface area contributed by atoms with Crippen LogP contribution in [0.25, 0.3) is 0 Å². The second-order valence-electron chi connectivity index (χ2n) is 3.50. The number of carbonyl (C=O) groups excluding carboxylic acids is 1. The van der Waals surface area contributed by atoms with Crippen molar-refractivity contribution < 1.29 is 4.79 Å². The number of hydrogen-bond acceptors (Lipinski definition) is 2. The van der Waals surface area contributed by atoms with Gasteiger partial charge in [-0.05, 0) is 31.5 Å². The molecule has 0 heterocycles. The summed E-state index contributed by atoms with van der Waals surface area (Å²) >= 11 is 4.41. The maximum Gasteiger partial charge on any atom is 0.248 e. The summed E-state index contributed by atoms with van der Waals surface area (Å²) in [5, 5.41) is 0. The number of thiol groups is 1. The highest BCUT2D eigenvalue weighted by Gasteiger charge is 2.15. The molecule has 3 heteroatoms. The first-order chi connectivity index (χ1) is 5.91. The van der Waals surface area contributed by atoms with Crippen LogP contribution in [-0.4, -0.2) is 5.91 Å². The molecule has 13 heavy (non-hydrogen) atoms. The van der Waals surface area contributed by atoms with E-state index in [-0.39, 0.29) is 4.75 Å². The van der Waals surface area contributed by atoms with Crippen molar-refractivity contribution in [3.63, 3.8) is 0 Å². The third kappa shape index (κ3) is 2.49. The van der Waals surface area contributed by atoms with E-state index < -0.39 is 5.91 Å². The van der Waals surface area contributed by atoms with Crippen LogP contribution in [0, 0.1) is 0 Å². The number of carbonyl (C=O) groups is 1. The molecule has 0 aromatic heterocycles. The van der Waals surface area contributed by atoms with Gasteiger partial charge in [0.05, 0.1) is 0 Å². The second kappa shape index (κ2) is 3.42. The smallest absolute Gasteiger partial charge is 0.248 e. The van der Waals surface area contributed by atoms with E-state index in [0.29, 0.717) is 5.56 Å². The molecule has 2 N–H and O–H groups in total. The minimum Gasteiger partial charge on any atom is -0.366 e. The third-order valence-electron chi connectivity index (χ3n) is 1.85. The van der Waals surface area contributed by atoms with E-state index in [1.165, 1.54) is 0 Å². The highest BCUT2D eigenvalue weighted by molar-refractivity contribution is 7.81. The number of hydrogen-bond donors (Lipinski definition) is 2. The fourth-order valence-electron chi connectivity index (χ4n) is 1.05. The van der Waals surface area contributed by atoms with Gasteiger partial charge in [0.15, 0.2) is 0 Å². The van der Waals surface area contributed by atoms with E-state index in [1.54, 1.807) is 12.1 Å². The molecule has 0 aliphatic heterocycles. The number of amides is 1. The Balaban J connectivity index is 3.13. The van der Waals surface area contributed by atoms with E-state index in [4.69, 9.17) is 5.73 Å². The van der Waals surface area contributed by atoms with Crippen molar-refractivity contribution in [2.45, 2.75) is 18.6 Å². The molecule has 1 aromatic rings. The van der Waals surface area contributed by atoms with Gasteiger partial charge in [-0.2, -0.15) is 12.6 Å². The monoisotopic (exact) mass is 195 g/mol. The van der Waals surface area contributed by atoms with Crippen LogP contribution in [0.15, 0.2) is 24.3 Å². The van der Waals surface area contributed by atoms with Crippen molar-refractivity contribution in [1.29, 1.82) is 0 Å². The lowest BCUT2D eigenvalue weighted by atomic mass is 10.00. The summed E-state index contributed by atoms with van der Waals surface area (Å²) < 4.78 is -0.245. The molecule has 0 spiro atoms. The lowest BCUT2D eigenvalue weighted by Crippen LogP contribution is -2.13. The van der Waals surface area contributed by atoms with Gasteiger partial charge < -0.3 is 5.73 Å². The Morgan fingerprint density at radius 3 is 2.54 bits per heavy atom. The molecule has 0 fully saturated rings. The standard InChI is InChI=1S/C10H13NOS/c1-10(2,13)8-5-3-4-7(6-8)9(11)12/h3-6,13H,1-2H3,(H2,11,12). The molecular weight excluding hydrogens is 182 g/mol. The molecule has 0 aliphatic rings. The van der Waals surface area contributed by atoms with Gasteiger partial charge in [-0.25, -0.2) is 0 Å². The number of rotatable bonds is 2. The lowest BCUT2D eigenvalue weighted by Gasteiger charge is -2.18. The maximum atomic E-state index is 10.9. The SMILES string of the molecule is CC(C)(S)c1cccc(C(N)=O)c1. The van der Waals surface area contributed by atoms with E-state index in [2.05, 4.69) is 12.6 Å². The molecule has 1 amide bonds. The van der Waals surface area contributed by atoms with Crippen LogP contribution in [0.4, 0.5) is 0 Å². The quantitative estimate of drug-likeness (QED) is 0.696. The molecule has 70 valence electrons. The van der Waals surface area contributed by atoms with Crippen molar-refractivity contribution >= 4 is 18.5 Å². The van der Waals surface area contributed by atoms with Crippen LogP contribution in [-0.2, 0) is 4.75 Å². The summed E-state index contributed by atoms with van der Waals surface area (Å²) in [6.45, 7) is 3.94. The van der Waals surface area contributed by atoms with Gasteiger partial charge >= 0.3 is 0 Å². The van der Waals surface area contributed by atoms with Crippen molar-refractivity contribution in [1.82, 2.24) is 0 Å². The number of primary amides is 1. The zero-order valence-electron chi connectivity index (χ0n) is 7.74. The second-order valence-corrected chi connectivity index (χ2v) is 4.62. The maximum absolute atomic E-state index is 10.9. The Bertz CT molecular complexity index is 328. The Labute approximate surface area is 83.5 Å². The van der Waals surface area contributed by atoms with Gasteiger partial charge in [-0.3, -0.25) is 4.79 Å². The molecule has 0 aliphatic carbocycles. The Kier molecular flexibility index (Phi) is 2.66. The van der Waals surface area contributed by atoms with Crippen molar-refractivity contribution in [3.8, 4) is 0 Å². The van der Waals surface area contributed by atoms with Crippen LogP contribution in [0.2, 0.25) is 0 Å². The molecular formula is C10H13NOS. The fourth-order valence-corrected chi connectivity index (χ4v) is 1.19. The Hall–Kier alpha value is -0.960. The summed E-state index contributed by atoms with van der Waals surface area (Å²) in [4.78, 5) is 10.9. The van der Waals surface area contributed by atoms with E-state index in [0.717, 1.165) is 5.56 Å².